The van der Waals surface area contributed by atoms with Crippen LogP contribution in [-0.2, 0) is 0 Å². The van der Waals surface area contributed by atoms with Crippen LogP contribution in [0.15, 0.2) is 66.1 Å². The Morgan fingerprint density at radius 1 is 1.06 bits per heavy atom. The molecule has 0 N–H and O–H groups in total. The topological polar surface area (TPSA) is 67.9 Å². The van der Waals surface area contributed by atoms with Crippen LogP contribution in [0, 0.1) is 41.9 Å². The SMILES string of the molecule is Cc1ccc(C(=O)[C@@H]2[C@@H](c3cccs3)C(C#N)(C#N)[C@H]3C=Cc4ccccc4N23)c(C)c1. The Labute approximate surface area is 191 Å². The number of Topliss-reactive ketones (excluding diaryl/α,β-unsaturated/α-hetero) is 1. The van der Waals surface area contributed by atoms with Crippen molar-refractivity contribution in [1.29, 1.82) is 10.5 Å². The first-order chi connectivity index (χ1) is 15.5. The molecular formula is C27H21N3OS. The molecule has 0 amide bonds. The minimum atomic E-state index is -1.38. The number of hydrogen-bond acceptors (Lipinski definition) is 5. The van der Waals surface area contributed by atoms with Crippen LogP contribution in [0.3, 0.4) is 0 Å². The molecule has 0 spiro atoms. The Bertz CT molecular complexity index is 1310. The van der Waals surface area contributed by atoms with E-state index in [9.17, 15) is 15.3 Å². The summed E-state index contributed by atoms with van der Waals surface area (Å²) in [5.41, 5.74) is 3.13. The number of anilines is 1. The van der Waals surface area contributed by atoms with Gasteiger partial charge in [-0.25, -0.2) is 0 Å². The highest BCUT2D eigenvalue weighted by Crippen LogP contribution is 2.56. The van der Waals surface area contributed by atoms with Crippen LogP contribution < -0.4 is 4.90 Å². The summed E-state index contributed by atoms with van der Waals surface area (Å²) in [6.45, 7) is 3.95. The van der Waals surface area contributed by atoms with Gasteiger partial charge in [-0.3, -0.25) is 4.79 Å². The van der Waals surface area contributed by atoms with Crippen LogP contribution in [0.4, 0.5) is 5.69 Å². The van der Waals surface area contributed by atoms with Gasteiger partial charge < -0.3 is 4.90 Å². The fourth-order valence-corrected chi connectivity index (χ4v) is 6.19. The van der Waals surface area contributed by atoms with E-state index in [4.69, 9.17) is 0 Å². The Morgan fingerprint density at radius 3 is 2.53 bits per heavy atom. The first kappa shape index (κ1) is 20.2. The third-order valence-electron chi connectivity index (χ3n) is 6.68. The number of carbonyl (C=O) groups is 1. The number of rotatable bonds is 3. The van der Waals surface area contributed by atoms with Gasteiger partial charge in [-0.1, -0.05) is 60.2 Å². The van der Waals surface area contributed by atoms with E-state index in [-0.39, 0.29) is 5.78 Å². The van der Waals surface area contributed by atoms with Gasteiger partial charge in [0.1, 0.15) is 6.04 Å². The van der Waals surface area contributed by atoms with Crippen LogP contribution in [0.1, 0.15) is 37.8 Å². The lowest BCUT2D eigenvalue weighted by Gasteiger charge is -2.35. The van der Waals surface area contributed by atoms with Gasteiger partial charge in [0, 0.05) is 16.1 Å². The molecule has 0 radical (unpaired) electrons. The zero-order valence-corrected chi connectivity index (χ0v) is 18.6. The fraction of sp³-hybridized carbons (Fsp3) is 0.222. The quantitative estimate of drug-likeness (QED) is 0.499. The van der Waals surface area contributed by atoms with Gasteiger partial charge in [-0.15, -0.1) is 11.3 Å². The lowest BCUT2D eigenvalue weighted by molar-refractivity contribution is 0.0951. The van der Waals surface area contributed by atoms with Gasteiger partial charge in [0.25, 0.3) is 0 Å². The van der Waals surface area contributed by atoms with E-state index in [0.29, 0.717) is 5.56 Å². The molecule has 3 heterocycles. The van der Waals surface area contributed by atoms with Gasteiger partial charge >= 0.3 is 0 Å². The molecule has 5 rings (SSSR count). The second-order valence-corrected chi connectivity index (χ2v) is 9.46. The number of benzene rings is 2. The Morgan fingerprint density at radius 2 is 1.84 bits per heavy atom. The minimum Gasteiger partial charge on any atom is -0.351 e. The predicted molar refractivity (Wildman–Crippen MR) is 126 cm³/mol. The van der Waals surface area contributed by atoms with Crippen molar-refractivity contribution < 1.29 is 4.79 Å². The average Bonchev–Trinajstić information content (AvgIpc) is 3.43. The molecule has 4 nitrogen and oxygen atoms in total. The summed E-state index contributed by atoms with van der Waals surface area (Å²) in [5, 5.41) is 22.7. The van der Waals surface area contributed by atoms with E-state index < -0.39 is 23.4 Å². The summed E-state index contributed by atoms with van der Waals surface area (Å²) in [6.07, 6.45) is 3.89. The molecule has 2 aromatic carbocycles. The number of nitriles is 2. The number of hydrogen-bond donors (Lipinski definition) is 0. The van der Waals surface area contributed by atoms with Crippen LogP contribution in [0.5, 0.6) is 0 Å². The van der Waals surface area contributed by atoms with E-state index >= 15 is 0 Å². The summed E-state index contributed by atoms with van der Waals surface area (Å²) >= 11 is 1.50. The molecule has 0 aliphatic carbocycles. The standard InChI is InChI=1S/C27H21N3OS/c1-17-9-11-20(18(2)14-17)26(31)25-24(22-8-5-13-32-22)27(15-28,16-29)23-12-10-19-6-3-4-7-21(19)30(23)25/h3-14,23-25H,1-2H3/t23-,24-,25+/m1/s1. The van der Waals surface area contributed by atoms with Crippen molar-refractivity contribution in [2.75, 3.05) is 4.90 Å². The number of nitrogens with zero attached hydrogens (tertiary/aromatic N) is 3. The molecule has 1 fully saturated rings. The Hall–Kier alpha value is -3.67. The molecule has 156 valence electrons. The number of aryl methyl sites for hydroxylation is 2. The first-order valence-electron chi connectivity index (χ1n) is 10.5. The molecule has 0 bridgehead atoms. The summed E-state index contributed by atoms with van der Waals surface area (Å²) in [5.74, 6) is -0.616. The van der Waals surface area contributed by atoms with Gasteiger partial charge in [0.05, 0.1) is 24.1 Å². The predicted octanol–water partition coefficient (Wildman–Crippen LogP) is 5.65. The van der Waals surface area contributed by atoms with Crippen molar-refractivity contribution in [2.24, 2.45) is 5.41 Å². The van der Waals surface area contributed by atoms with E-state index in [1.54, 1.807) is 0 Å². The Balaban J connectivity index is 1.78. The normalized spacial score (nSPS) is 22.5. The van der Waals surface area contributed by atoms with Gasteiger partial charge in [0.2, 0.25) is 0 Å². The summed E-state index contributed by atoms with van der Waals surface area (Å²) in [7, 11) is 0. The Kier molecular flexibility index (Phi) is 4.73. The molecule has 32 heavy (non-hydrogen) atoms. The molecule has 3 atom stereocenters. The van der Waals surface area contributed by atoms with Gasteiger partial charge in [0.15, 0.2) is 11.2 Å². The number of thiophene rings is 1. The van der Waals surface area contributed by atoms with E-state index in [1.807, 2.05) is 90.9 Å². The molecule has 3 aromatic rings. The van der Waals surface area contributed by atoms with E-state index in [2.05, 4.69) is 12.1 Å². The zero-order valence-electron chi connectivity index (χ0n) is 17.8. The van der Waals surface area contributed by atoms with Crippen molar-refractivity contribution in [3.05, 3.63) is 93.2 Å². The summed E-state index contributed by atoms with van der Waals surface area (Å²) < 4.78 is 0. The maximum atomic E-state index is 14.2. The lowest BCUT2D eigenvalue weighted by atomic mass is 9.71. The summed E-state index contributed by atoms with van der Waals surface area (Å²) in [4.78, 5) is 17.1. The maximum absolute atomic E-state index is 14.2. The summed E-state index contributed by atoms with van der Waals surface area (Å²) in [6, 6.07) is 21.1. The number of para-hydroxylation sites is 1. The molecule has 2 aliphatic heterocycles. The monoisotopic (exact) mass is 435 g/mol. The smallest absolute Gasteiger partial charge is 0.186 e. The molecule has 1 saturated heterocycles. The second-order valence-electron chi connectivity index (χ2n) is 8.48. The molecule has 0 saturated carbocycles. The number of fused-ring (bicyclic) bond motifs is 3. The van der Waals surface area contributed by atoms with Crippen LogP contribution in [-0.4, -0.2) is 17.9 Å². The largest absolute Gasteiger partial charge is 0.351 e. The molecule has 2 aliphatic rings. The third-order valence-corrected chi connectivity index (χ3v) is 7.64. The van der Waals surface area contributed by atoms with Crippen LogP contribution in [0.2, 0.25) is 0 Å². The highest BCUT2D eigenvalue weighted by molar-refractivity contribution is 7.10. The molecule has 0 unspecified atom stereocenters. The van der Waals surface area contributed by atoms with E-state index in [1.165, 1.54) is 11.3 Å². The molecule has 5 heteroatoms. The average molecular weight is 436 g/mol. The van der Waals surface area contributed by atoms with Crippen molar-refractivity contribution in [2.45, 2.75) is 31.8 Å². The van der Waals surface area contributed by atoms with Crippen molar-refractivity contribution in [3.8, 4) is 12.1 Å². The third kappa shape index (κ3) is 2.75. The van der Waals surface area contributed by atoms with Gasteiger partial charge in [-0.2, -0.15) is 10.5 Å². The molecular weight excluding hydrogens is 414 g/mol. The van der Waals surface area contributed by atoms with E-state index in [0.717, 1.165) is 27.3 Å². The number of ketones is 1. The van der Waals surface area contributed by atoms with Gasteiger partial charge in [-0.05, 0) is 42.5 Å². The first-order valence-corrected chi connectivity index (χ1v) is 11.4. The van der Waals surface area contributed by atoms with Crippen molar-refractivity contribution >= 4 is 28.9 Å². The minimum absolute atomic E-state index is 0.0524. The zero-order chi connectivity index (χ0) is 22.5. The maximum Gasteiger partial charge on any atom is 0.186 e. The van der Waals surface area contributed by atoms with Crippen LogP contribution >= 0.6 is 11.3 Å². The number of carbonyl (C=O) groups excluding carboxylic acids is 1. The highest BCUT2D eigenvalue weighted by Gasteiger charge is 2.63. The molecule has 1 aromatic heterocycles. The van der Waals surface area contributed by atoms with Crippen molar-refractivity contribution in [3.63, 3.8) is 0 Å². The highest BCUT2D eigenvalue weighted by atomic mass is 32.1. The van der Waals surface area contributed by atoms with Crippen LogP contribution in [0.25, 0.3) is 6.08 Å². The second kappa shape index (κ2) is 7.48. The lowest BCUT2D eigenvalue weighted by Crippen LogP contribution is -2.44. The fourth-order valence-electron chi connectivity index (χ4n) is 5.26. The van der Waals surface area contributed by atoms with Crippen molar-refractivity contribution in [1.82, 2.24) is 0 Å².